The molecule has 0 heterocycles. The van der Waals surface area contributed by atoms with Gasteiger partial charge in [-0.25, -0.2) is 0 Å². The van der Waals surface area contributed by atoms with E-state index < -0.39 is 5.24 Å². The van der Waals surface area contributed by atoms with Crippen molar-refractivity contribution in [2.24, 2.45) is 0 Å². The molecule has 0 N–H and O–H groups in total. The minimum absolute atomic E-state index is 0.439. The fourth-order valence-electron chi connectivity index (χ4n) is 1.50. The molecule has 0 unspecified atom stereocenters. The highest BCUT2D eigenvalue weighted by Crippen LogP contribution is 2.26. The number of benzene rings is 2. The fourth-order valence-corrected chi connectivity index (χ4v) is 1.91. The summed E-state index contributed by atoms with van der Waals surface area (Å²) in [6.45, 7) is 0. The van der Waals surface area contributed by atoms with Crippen LogP contribution in [0.5, 0.6) is 0 Å². The van der Waals surface area contributed by atoms with Gasteiger partial charge in [0.25, 0.3) is 5.24 Å². The molecule has 16 heavy (non-hydrogen) atoms. The number of halogens is 1. The van der Waals surface area contributed by atoms with Gasteiger partial charge < -0.3 is 0 Å². The summed E-state index contributed by atoms with van der Waals surface area (Å²) in [4.78, 5) is 11.8. The van der Waals surface area contributed by atoms with E-state index in [0.717, 1.165) is 16.0 Å². The Labute approximate surface area is 104 Å². The third kappa shape index (κ3) is 2.29. The van der Waals surface area contributed by atoms with Crippen molar-refractivity contribution in [3.8, 4) is 11.1 Å². The standard InChI is InChI=1S/C13H9ClOS/c14-13(15)10-7-5-9(6-8-10)11-3-1-2-4-12(11)16/h1-8,16H. The van der Waals surface area contributed by atoms with Gasteiger partial charge in [0.05, 0.1) is 0 Å². The number of carbonyl (C=O) groups excluding carboxylic acids is 1. The molecule has 0 atom stereocenters. The summed E-state index contributed by atoms with van der Waals surface area (Å²) in [5, 5.41) is -0.439. The first-order valence-corrected chi connectivity index (χ1v) is 5.59. The van der Waals surface area contributed by atoms with Gasteiger partial charge in [-0.15, -0.1) is 12.6 Å². The lowest BCUT2D eigenvalue weighted by Gasteiger charge is -2.05. The van der Waals surface area contributed by atoms with Gasteiger partial charge >= 0.3 is 0 Å². The van der Waals surface area contributed by atoms with Crippen molar-refractivity contribution in [1.29, 1.82) is 0 Å². The molecule has 0 aliphatic heterocycles. The summed E-state index contributed by atoms with van der Waals surface area (Å²) < 4.78 is 0. The molecule has 80 valence electrons. The second-order valence-corrected chi connectivity index (χ2v) is 4.19. The quantitative estimate of drug-likeness (QED) is 0.628. The van der Waals surface area contributed by atoms with E-state index in [1.807, 2.05) is 36.4 Å². The second kappa shape index (κ2) is 4.73. The largest absolute Gasteiger partial charge is 0.276 e. The second-order valence-electron chi connectivity index (χ2n) is 3.37. The molecule has 0 saturated carbocycles. The van der Waals surface area contributed by atoms with E-state index >= 15 is 0 Å². The molecule has 3 heteroatoms. The summed E-state index contributed by atoms with van der Waals surface area (Å²) in [5.41, 5.74) is 2.56. The predicted molar refractivity (Wildman–Crippen MR) is 69.3 cm³/mol. The van der Waals surface area contributed by atoms with Crippen LogP contribution in [0.3, 0.4) is 0 Å². The Hall–Kier alpha value is -1.25. The van der Waals surface area contributed by atoms with Gasteiger partial charge in [0.2, 0.25) is 0 Å². The average molecular weight is 249 g/mol. The maximum Gasteiger partial charge on any atom is 0.252 e. The van der Waals surface area contributed by atoms with Crippen LogP contribution in [0, 0.1) is 0 Å². The maximum atomic E-state index is 10.9. The zero-order valence-electron chi connectivity index (χ0n) is 8.35. The average Bonchev–Trinajstić information content (AvgIpc) is 2.30. The molecule has 0 amide bonds. The van der Waals surface area contributed by atoms with Crippen LogP contribution in [-0.4, -0.2) is 5.24 Å². The zero-order chi connectivity index (χ0) is 11.5. The molecule has 2 rings (SSSR count). The molecule has 0 bridgehead atoms. The fraction of sp³-hybridized carbons (Fsp3) is 0. The first kappa shape index (κ1) is 11.2. The molecule has 0 aliphatic rings. The van der Waals surface area contributed by atoms with Gasteiger partial charge in [0, 0.05) is 10.5 Å². The first-order valence-electron chi connectivity index (χ1n) is 4.77. The minimum atomic E-state index is -0.439. The van der Waals surface area contributed by atoms with Crippen LogP contribution < -0.4 is 0 Å². The Kier molecular flexibility index (Phi) is 3.32. The van der Waals surface area contributed by atoms with Crippen LogP contribution in [0.1, 0.15) is 10.4 Å². The SMILES string of the molecule is O=C(Cl)c1ccc(-c2ccccc2S)cc1. The van der Waals surface area contributed by atoms with Crippen molar-refractivity contribution in [3.05, 3.63) is 54.1 Å². The Morgan fingerprint density at radius 1 is 1.00 bits per heavy atom. The summed E-state index contributed by atoms with van der Waals surface area (Å²) in [6.07, 6.45) is 0. The first-order chi connectivity index (χ1) is 7.68. The van der Waals surface area contributed by atoms with Gasteiger partial charge in [-0.1, -0.05) is 30.3 Å². The smallest absolute Gasteiger partial charge is 0.252 e. The number of carbonyl (C=O) groups is 1. The van der Waals surface area contributed by atoms with E-state index in [2.05, 4.69) is 12.6 Å². The van der Waals surface area contributed by atoms with Crippen molar-refractivity contribution >= 4 is 29.5 Å². The molecule has 0 radical (unpaired) electrons. The molecule has 0 saturated heterocycles. The number of thiol groups is 1. The van der Waals surface area contributed by atoms with E-state index in [0.29, 0.717) is 5.56 Å². The number of hydrogen-bond acceptors (Lipinski definition) is 2. The topological polar surface area (TPSA) is 17.1 Å². The van der Waals surface area contributed by atoms with E-state index in [1.54, 1.807) is 12.1 Å². The van der Waals surface area contributed by atoms with Crippen LogP contribution in [0.25, 0.3) is 11.1 Å². The van der Waals surface area contributed by atoms with Gasteiger partial charge in [0.15, 0.2) is 0 Å². The van der Waals surface area contributed by atoms with Crippen molar-refractivity contribution in [2.75, 3.05) is 0 Å². The Morgan fingerprint density at radius 3 is 2.19 bits per heavy atom. The zero-order valence-corrected chi connectivity index (χ0v) is 10.0. The minimum Gasteiger partial charge on any atom is -0.276 e. The van der Waals surface area contributed by atoms with Crippen LogP contribution in [-0.2, 0) is 0 Å². The van der Waals surface area contributed by atoms with Gasteiger partial charge in [-0.05, 0) is 40.9 Å². The van der Waals surface area contributed by atoms with Crippen molar-refractivity contribution in [2.45, 2.75) is 4.90 Å². The maximum absolute atomic E-state index is 10.9. The van der Waals surface area contributed by atoms with Crippen molar-refractivity contribution in [1.82, 2.24) is 0 Å². The highest BCUT2D eigenvalue weighted by atomic mass is 35.5. The summed E-state index contributed by atoms with van der Waals surface area (Å²) >= 11 is 9.76. The van der Waals surface area contributed by atoms with Crippen molar-refractivity contribution in [3.63, 3.8) is 0 Å². The molecule has 0 spiro atoms. The summed E-state index contributed by atoms with van der Waals surface area (Å²) in [5.74, 6) is 0. The van der Waals surface area contributed by atoms with Crippen molar-refractivity contribution < 1.29 is 4.79 Å². The third-order valence-electron chi connectivity index (χ3n) is 2.33. The van der Waals surface area contributed by atoms with Crippen LogP contribution in [0.2, 0.25) is 0 Å². The van der Waals surface area contributed by atoms with E-state index in [9.17, 15) is 4.79 Å². The molecule has 1 nitrogen and oxygen atoms in total. The number of hydrogen-bond donors (Lipinski definition) is 1. The Balaban J connectivity index is 2.43. The van der Waals surface area contributed by atoms with Crippen LogP contribution in [0.4, 0.5) is 0 Å². The molecule has 0 fully saturated rings. The number of rotatable bonds is 2. The highest BCUT2D eigenvalue weighted by Gasteiger charge is 2.04. The lowest BCUT2D eigenvalue weighted by atomic mass is 10.0. The van der Waals surface area contributed by atoms with Gasteiger partial charge in [-0.3, -0.25) is 4.79 Å². The molecule has 0 aliphatic carbocycles. The normalized spacial score (nSPS) is 10.1. The third-order valence-corrected chi connectivity index (χ3v) is 2.94. The molecular formula is C13H9ClOS. The Morgan fingerprint density at radius 2 is 1.62 bits per heavy atom. The molecular weight excluding hydrogens is 240 g/mol. The predicted octanol–water partition coefficient (Wildman–Crippen LogP) is 4.02. The van der Waals surface area contributed by atoms with Crippen LogP contribution >= 0.6 is 24.2 Å². The lowest BCUT2D eigenvalue weighted by Crippen LogP contribution is -1.88. The van der Waals surface area contributed by atoms with Gasteiger partial charge in [0.1, 0.15) is 0 Å². The summed E-state index contributed by atoms with van der Waals surface area (Å²) in [6, 6.07) is 15.0. The van der Waals surface area contributed by atoms with Gasteiger partial charge in [-0.2, -0.15) is 0 Å². The van der Waals surface area contributed by atoms with E-state index in [4.69, 9.17) is 11.6 Å². The highest BCUT2D eigenvalue weighted by molar-refractivity contribution is 7.80. The molecule has 2 aromatic carbocycles. The Bertz CT molecular complexity index is 520. The van der Waals surface area contributed by atoms with Crippen LogP contribution in [0.15, 0.2) is 53.4 Å². The molecule has 0 aromatic heterocycles. The monoisotopic (exact) mass is 248 g/mol. The summed E-state index contributed by atoms with van der Waals surface area (Å²) in [7, 11) is 0. The molecule has 2 aromatic rings. The lowest BCUT2D eigenvalue weighted by molar-refractivity contribution is 0.108. The van der Waals surface area contributed by atoms with E-state index in [1.165, 1.54) is 0 Å². The van der Waals surface area contributed by atoms with E-state index in [-0.39, 0.29) is 0 Å².